The number of imide groups is 1. The summed E-state index contributed by atoms with van der Waals surface area (Å²) in [6.45, 7) is -0.0235. The van der Waals surface area contributed by atoms with Crippen molar-refractivity contribution in [2.45, 2.75) is 23.8 Å². The van der Waals surface area contributed by atoms with E-state index in [1.165, 1.54) is 29.7 Å². The molecule has 3 amide bonds. The number of nitrogens with one attached hydrogen (secondary N) is 2. The van der Waals surface area contributed by atoms with Crippen LogP contribution in [0.3, 0.4) is 0 Å². The minimum Gasteiger partial charge on any atom is -0.457 e. The number of benzene rings is 2. The van der Waals surface area contributed by atoms with Gasteiger partial charge in [-0.2, -0.15) is 4.72 Å². The Bertz CT molecular complexity index is 1340. The van der Waals surface area contributed by atoms with Crippen LogP contribution < -0.4 is 14.9 Å². The molecule has 4 rings (SSSR count). The summed E-state index contributed by atoms with van der Waals surface area (Å²) in [5.74, 6) is -0.956. The molecule has 0 bridgehead atoms. The maximum Gasteiger partial charge on any atom is 0.261 e. The molecule has 2 aromatic carbocycles. The van der Waals surface area contributed by atoms with Gasteiger partial charge in [0.2, 0.25) is 10.0 Å². The number of hydrogen-bond acceptors (Lipinski definition) is 8. The van der Waals surface area contributed by atoms with Crippen LogP contribution in [0.15, 0.2) is 78.0 Å². The summed E-state index contributed by atoms with van der Waals surface area (Å²) in [4.78, 5) is 41.9. The van der Waals surface area contributed by atoms with Gasteiger partial charge in [-0.25, -0.2) is 13.9 Å². The molecule has 0 aliphatic carbocycles. The predicted octanol–water partition coefficient (Wildman–Crippen LogP) is 2.10. The van der Waals surface area contributed by atoms with Crippen molar-refractivity contribution in [2.24, 2.45) is 0 Å². The SMILES string of the molecule is O=C(NO)C(CCCN1C(=O)c2ccccc2C1=O)NS(=O)(=O)c1ccc(Oc2ccncc2)cc1. The molecule has 0 spiro atoms. The second-order valence-corrected chi connectivity index (χ2v) is 9.57. The zero-order chi connectivity index (χ0) is 25.7. The lowest BCUT2D eigenvalue weighted by Crippen LogP contribution is -2.46. The average Bonchev–Trinajstić information content (AvgIpc) is 3.13. The molecule has 3 N–H and O–H groups in total. The molecule has 0 saturated heterocycles. The number of rotatable bonds is 10. The average molecular weight is 511 g/mol. The van der Waals surface area contributed by atoms with Crippen LogP contribution in [0.25, 0.3) is 0 Å². The Morgan fingerprint density at radius 3 is 2.11 bits per heavy atom. The molecule has 2 heterocycles. The van der Waals surface area contributed by atoms with Gasteiger partial charge < -0.3 is 4.74 Å². The summed E-state index contributed by atoms with van der Waals surface area (Å²) < 4.78 is 33.6. The molecular formula is C24H22N4O7S. The first-order valence-corrected chi connectivity index (χ1v) is 12.4. The Hall–Kier alpha value is -4.13. The molecule has 186 valence electrons. The molecule has 1 atom stereocenters. The molecule has 0 fully saturated rings. The van der Waals surface area contributed by atoms with Crippen molar-refractivity contribution in [3.05, 3.63) is 84.2 Å². The van der Waals surface area contributed by atoms with E-state index >= 15 is 0 Å². The molecule has 1 unspecified atom stereocenters. The number of ether oxygens (including phenoxy) is 1. The fraction of sp³-hybridized carbons (Fsp3) is 0.167. The third kappa shape index (κ3) is 5.40. The van der Waals surface area contributed by atoms with E-state index in [1.807, 2.05) is 0 Å². The molecular weight excluding hydrogens is 488 g/mol. The lowest BCUT2D eigenvalue weighted by Gasteiger charge is -2.19. The predicted molar refractivity (Wildman–Crippen MR) is 126 cm³/mol. The van der Waals surface area contributed by atoms with Gasteiger partial charge in [-0.1, -0.05) is 12.1 Å². The normalized spacial score (nSPS) is 13.9. The van der Waals surface area contributed by atoms with E-state index < -0.39 is 33.8 Å². The van der Waals surface area contributed by atoms with Crippen molar-refractivity contribution < 1.29 is 32.7 Å². The molecule has 1 aliphatic rings. The third-order valence-corrected chi connectivity index (χ3v) is 6.98. The smallest absolute Gasteiger partial charge is 0.261 e. The Labute approximate surface area is 206 Å². The monoisotopic (exact) mass is 510 g/mol. The highest BCUT2D eigenvalue weighted by molar-refractivity contribution is 7.89. The summed E-state index contributed by atoms with van der Waals surface area (Å²) in [6.07, 6.45) is 3.14. The van der Waals surface area contributed by atoms with Crippen LogP contribution in [-0.4, -0.2) is 53.8 Å². The van der Waals surface area contributed by atoms with E-state index in [0.29, 0.717) is 22.6 Å². The fourth-order valence-electron chi connectivity index (χ4n) is 3.70. The molecule has 11 nitrogen and oxygen atoms in total. The number of amides is 3. The number of sulfonamides is 1. The Morgan fingerprint density at radius 1 is 0.944 bits per heavy atom. The Balaban J connectivity index is 1.39. The van der Waals surface area contributed by atoms with E-state index in [1.54, 1.807) is 48.8 Å². The van der Waals surface area contributed by atoms with Crippen LogP contribution in [0.2, 0.25) is 0 Å². The van der Waals surface area contributed by atoms with Crippen molar-refractivity contribution in [3.63, 3.8) is 0 Å². The van der Waals surface area contributed by atoms with E-state index in [-0.39, 0.29) is 24.3 Å². The van der Waals surface area contributed by atoms with Gasteiger partial charge in [0.25, 0.3) is 17.7 Å². The second kappa shape index (κ2) is 10.6. The van der Waals surface area contributed by atoms with Crippen LogP contribution in [0.5, 0.6) is 11.5 Å². The Morgan fingerprint density at radius 2 is 1.53 bits per heavy atom. The summed E-state index contributed by atoms with van der Waals surface area (Å²) in [6, 6.07) is 13.9. The van der Waals surface area contributed by atoms with Crippen LogP contribution in [-0.2, 0) is 14.8 Å². The quantitative estimate of drug-likeness (QED) is 0.213. The van der Waals surface area contributed by atoms with Gasteiger partial charge >= 0.3 is 0 Å². The zero-order valence-corrected chi connectivity index (χ0v) is 19.6. The molecule has 12 heteroatoms. The molecule has 0 radical (unpaired) electrons. The van der Waals surface area contributed by atoms with Crippen molar-refractivity contribution in [3.8, 4) is 11.5 Å². The van der Waals surface area contributed by atoms with Gasteiger partial charge in [0.05, 0.1) is 16.0 Å². The molecule has 36 heavy (non-hydrogen) atoms. The number of aromatic nitrogens is 1. The summed E-state index contributed by atoms with van der Waals surface area (Å²) >= 11 is 0. The van der Waals surface area contributed by atoms with Gasteiger partial charge in [0.15, 0.2) is 0 Å². The molecule has 3 aromatic rings. The summed E-state index contributed by atoms with van der Waals surface area (Å²) in [5, 5.41) is 9.09. The molecule has 1 aromatic heterocycles. The minimum atomic E-state index is -4.15. The standard InChI is InChI=1S/C24H22N4O7S/c29-22(26-32)21(6-3-15-28-23(30)19-4-1-2-5-20(19)24(28)31)27-36(33,34)18-9-7-16(8-10-18)35-17-11-13-25-14-12-17/h1-2,4-5,7-14,21,27,32H,3,6,15H2,(H,26,29). The van der Waals surface area contributed by atoms with E-state index in [4.69, 9.17) is 9.94 Å². The number of fused-ring (bicyclic) bond motifs is 1. The third-order valence-electron chi connectivity index (χ3n) is 5.50. The van der Waals surface area contributed by atoms with E-state index in [2.05, 4.69) is 9.71 Å². The number of carbonyl (C=O) groups is 3. The maximum absolute atomic E-state index is 12.9. The lowest BCUT2D eigenvalue weighted by atomic mass is 10.1. The summed E-state index contributed by atoms with van der Waals surface area (Å²) in [5.41, 5.74) is 2.04. The second-order valence-electron chi connectivity index (χ2n) is 7.86. The van der Waals surface area contributed by atoms with Crippen molar-refractivity contribution in [1.82, 2.24) is 20.1 Å². The van der Waals surface area contributed by atoms with Gasteiger partial charge in [-0.05, 0) is 61.4 Å². The molecule has 0 saturated carbocycles. The van der Waals surface area contributed by atoms with Crippen LogP contribution in [0.1, 0.15) is 33.6 Å². The van der Waals surface area contributed by atoms with Crippen LogP contribution in [0.4, 0.5) is 0 Å². The topological polar surface area (TPSA) is 155 Å². The van der Waals surface area contributed by atoms with Crippen LogP contribution in [0, 0.1) is 0 Å². The highest BCUT2D eigenvalue weighted by Crippen LogP contribution is 2.24. The van der Waals surface area contributed by atoms with Gasteiger partial charge in [-0.3, -0.25) is 29.5 Å². The maximum atomic E-state index is 12.9. The first kappa shape index (κ1) is 25.0. The van der Waals surface area contributed by atoms with Crippen LogP contribution >= 0.6 is 0 Å². The summed E-state index contributed by atoms with van der Waals surface area (Å²) in [7, 11) is -4.15. The number of nitrogens with zero attached hydrogens (tertiary/aromatic N) is 2. The first-order chi connectivity index (χ1) is 17.3. The van der Waals surface area contributed by atoms with Gasteiger partial charge in [0.1, 0.15) is 17.5 Å². The fourth-order valence-corrected chi connectivity index (χ4v) is 4.93. The van der Waals surface area contributed by atoms with E-state index in [0.717, 1.165) is 4.90 Å². The largest absolute Gasteiger partial charge is 0.457 e. The molecule has 1 aliphatic heterocycles. The van der Waals surface area contributed by atoms with Crippen molar-refractivity contribution in [1.29, 1.82) is 0 Å². The van der Waals surface area contributed by atoms with Gasteiger partial charge in [-0.15, -0.1) is 0 Å². The first-order valence-electron chi connectivity index (χ1n) is 10.9. The number of pyridine rings is 1. The highest BCUT2D eigenvalue weighted by atomic mass is 32.2. The van der Waals surface area contributed by atoms with Gasteiger partial charge in [0, 0.05) is 18.9 Å². The number of carbonyl (C=O) groups excluding carboxylic acids is 3. The zero-order valence-electron chi connectivity index (χ0n) is 18.8. The number of hydrogen-bond donors (Lipinski definition) is 3. The lowest BCUT2D eigenvalue weighted by molar-refractivity contribution is -0.131. The Kier molecular flexibility index (Phi) is 7.38. The minimum absolute atomic E-state index is 0.0235. The van der Waals surface area contributed by atoms with E-state index in [9.17, 15) is 22.8 Å². The highest BCUT2D eigenvalue weighted by Gasteiger charge is 2.35. The van der Waals surface area contributed by atoms with Crippen molar-refractivity contribution in [2.75, 3.05) is 6.54 Å². The van der Waals surface area contributed by atoms with Crippen molar-refractivity contribution >= 4 is 27.7 Å². The number of hydroxylamine groups is 1.